The van der Waals surface area contributed by atoms with Crippen LogP contribution in [0.5, 0.6) is 5.75 Å². The normalized spacial score (nSPS) is 31.7. The number of carbonyl (C=O) groups excluding carboxylic acids is 1. The molecule has 3 heteroatoms. The Morgan fingerprint density at radius 2 is 1.89 bits per heavy atom. The number of benzene rings is 1. The maximum Gasteiger partial charge on any atom is 0.192 e. The average molecular weight is 274 g/mol. The van der Waals surface area contributed by atoms with E-state index in [9.17, 15) is 4.79 Å². The fourth-order valence-corrected chi connectivity index (χ4v) is 4.15. The van der Waals surface area contributed by atoms with Gasteiger partial charge in [-0.15, -0.1) is 0 Å². The Kier molecular flexibility index (Phi) is 3.40. The van der Waals surface area contributed by atoms with Gasteiger partial charge in [0.05, 0.1) is 7.11 Å². The standard InChI is InChI=1S/C16H18O2S/c1-18-13-7-5-10(6-8-13)14-11-3-4-12(9-11)15(14)16(17)19-2/h3-8,11-12,14-15H,9H2,1-2H3/t11-,12+,14+,15+/m0/s1. The van der Waals surface area contributed by atoms with Gasteiger partial charge in [0, 0.05) is 11.8 Å². The van der Waals surface area contributed by atoms with Crippen LogP contribution in [0, 0.1) is 17.8 Å². The van der Waals surface area contributed by atoms with Crippen LogP contribution in [0.2, 0.25) is 0 Å². The highest BCUT2D eigenvalue weighted by Crippen LogP contribution is 2.54. The number of allylic oxidation sites excluding steroid dienone is 2. The molecule has 3 rings (SSSR count). The number of carbonyl (C=O) groups is 1. The van der Waals surface area contributed by atoms with E-state index in [1.54, 1.807) is 7.11 Å². The van der Waals surface area contributed by atoms with Crippen LogP contribution in [-0.2, 0) is 4.79 Å². The molecule has 0 N–H and O–H groups in total. The van der Waals surface area contributed by atoms with Crippen LogP contribution in [0.15, 0.2) is 36.4 Å². The molecule has 4 atom stereocenters. The largest absolute Gasteiger partial charge is 0.497 e. The zero-order chi connectivity index (χ0) is 13.4. The van der Waals surface area contributed by atoms with E-state index < -0.39 is 0 Å². The molecule has 0 radical (unpaired) electrons. The smallest absolute Gasteiger partial charge is 0.192 e. The lowest BCUT2D eigenvalue weighted by Gasteiger charge is -2.26. The van der Waals surface area contributed by atoms with E-state index >= 15 is 0 Å². The van der Waals surface area contributed by atoms with Crippen molar-refractivity contribution in [3.63, 3.8) is 0 Å². The lowest BCUT2D eigenvalue weighted by atomic mass is 9.79. The Bertz CT molecular complexity index is 506. The van der Waals surface area contributed by atoms with Gasteiger partial charge in [0.15, 0.2) is 5.12 Å². The van der Waals surface area contributed by atoms with Crippen molar-refractivity contribution in [1.29, 1.82) is 0 Å². The minimum atomic E-state index is 0.151. The van der Waals surface area contributed by atoms with Gasteiger partial charge in [0.25, 0.3) is 0 Å². The van der Waals surface area contributed by atoms with E-state index in [2.05, 4.69) is 24.3 Å². The summed E-state index contributed by atoms with van der Waals surface area (Å²) in [5.74, 6) is 2.34. The Balaban J connectivity index is 1.92. The van der Waals surface area contributed by atoms with Gasteiger partial charge in [-0.3, -0.25) is 4.79 Å². The summed E-state index contributed by atoms with van der Waals surface area (Å²) in [6.45, 7) is 0. The summed E-state index contributed by atoms with van der Waals surface area (Å²) in [5, 5.41) is 0.331. The summed E-state index contributed by atoms with van der Waals surface area (Å²) in [7, 11) is 1.68. The Hall–Kier alpha value is -1.22. The number of hydrogen-bond donors (Lipinski definition) is 0. The lowest BCUT2D eigenvalue weighted by molar-refractivity contribution is -0.115. The van der Waals surface area contributed by atoms with Crippen molar-refractivity contribution < 1.29 is 9.53 Å². The molecule has 2 aliphatic rings. The zero-order valence-electron chi connectivity index (χ0n) is 11.2. The molecular weight excluding hydrogens is 256 g/mol. The first-order valence-corrected chi connectivity index (χ1v) is 7.87. The summed E-state index contributed by atoms with van der Waals surface area (Å²) in [6.07, 6.45) is 7.56. The number of methoxy groups -OCH3 is 1. The van der Waals surface area contributed by atoms with Crippen molar-refractivity contribution in [1.82, 2.24) is 0 Å². The van der Waals surface area contributed by atoms with Crippen LogP contribution in [0.3, 0.4) is 0 Å². The quantitative estimate of drug-likeness (QED) is 0.789. The third-order valence-corrected chi connectivity index (χ3v) is 5.11. The number of hydrogen-bond acceptors (Lipinski definition) is 3. The predicted octanol–water partition coefficient (Wildman–Crippen LogP) is 3.49. The van der Waals surface area contributed by atoms with E-state index in [4.69, 9.17) is 4.74 Å². The average Bonchev–Trinajstić information content (AvgIpc) is 3.07. The molecule has 0 amide bonds. The molecule has 0 unspecified atom stereocenters. The SMILES string of the molecule is COc1ccc([C@H]2[C@H](C(=O)SC)[C@@H]3C=C[C@H]2C3)cc1. The second kappa shape index (κ2) is 5.04. The van der Waals surface area contributed by atoms with E-state index in [0.717, 1.165) is 12.2 Å². The maximum absolute atomic E-state index is 12.2. The van der Waals surface area contributed by atoms with Crippen molar-refractivity contribution in [2.45, 2.75) is 12.3 Å². The molecule has 0 aromatic heterocycles. The summed E-state index contributed by atoms with van der Waals surface area (Å²) in [5.41, 5.74) is 1.27. The summed E-state index contributed by atoms with van der Waals surface area (Å²) in [6, 6.07) is 8.20. The molecule has 1 aromatic carbocycles. The van der Waals surface area contributed by atoms with Crippen molar-refractivity contribution in [3.05, 3.63) is 42.0 Å². The Labute approximate surface area is 118 Å². The molecule has 2 aliphatic carbocycles. The highest BCUT2D eigenvalue weighted by atomic mass is 32.2. The van der Waals surface area contributed by atoms with E-state index in [0.29, 0.717) is 22.9 Å². The minimum Gasteiger partial charge on any atom is -0.497 e. The maximum atomic E-state index is 12.2. The number of fused-ring (bicyclic) bond motifs is 2. The monoisotopic (exact) mass is 274 g/mol. The molecule has 19 heavy (non-hydrogen) atoms. The Morgan fingerprint density at radius 3 is 2.53 bits per heavy atom. The molecular formula is C16H18O2S. The first kappa shape index (κ1) is 12.8. The Morgan fingerprint density at radius 1 is 1.21 bits per heavy atom. The van der Waals surface area contributed by atoms with Crippen molar-refractivity contribution in [3.8, 4) is 5.75 Å². The first-order valence-electron chi connectivity index (χ1n) is 6.64. The van der Waals surface area contributed by atoms with Gasteiger partial charge in [0.1, 0.15) is 5.75 Å². The molecule has 0 aliphatic heterocycles. The molecule has 100 valence electrons. The van der Waals surface area contributed by atoms with Gasteiger partial charge in [-0.1, -0.05) is 36.0 Å². The second-order valence-electron chi connectivity index (χ2n) is 5.30. The fourth-order valence-electron chi connectivity index (χ4n) is 3.56. The van der Waals surface area contributed by atoms with Gasteiger partial charge in [0.2, 0.25) is 0 Å². The zero-order valence-corrected chi connectivity index (χ0v) is 12.0. The molecule has 2 nitrogen and oxygen atoms in total. The third-order valence-electron chi connectivity index (χ3n) is 4.43. The van der Waals surface area contributed by atoms with Gasteiger partial charge in [-0.05, 0) is 42.2 Å². The van der Waals surface area contributed by atoms with E-state index in [1.165, 1.54) is 17.3 Å². The second-order valence-corrected chi connectivity index (χ2v) is 6.11. The summed E-state index contributed by atoms with van der Waals surface area (Å²) in [4.78, 5) is 12.2. The van der Waals surface area contributed by atoms with Gasteiger partial charge in [-0.2, -0.15) is 0 Å². The fraction of sp³-hybridized carbons (Fsp3) is 0.438. The third kappa shape index (κ3) is 2.10. The summed E-state index contributed by atoms with van der Waals surface area (Å²) < 4.78 is 5.20. The topological polar surface area (TPSA) is 26.3 Å². The van der Waals surface area contributed by atoms with Crippen LogP contribution in [0.25, 0.3) is 0 Å². The van der Waals surface area contributed by atoms with Crippen LogP contribution in [-0.4, -0.2) is 18.5 Å². The molecule has 0 spiro atoms. The van der Waals surface area contributed by atoms with Crippen LogP contribution < -0.4 is 4.74 Å². The van der Waals surface area contributed by atoms with Crippen molar-refractivity contribution >= 4 is 16.9 Å². The minimum absolute atomic E-state index is 0.151. The van der Waals surface area contributed by atoms with Gasteiger partial charge in [-0.25, -0.2) is 0 Å². The number of ether oxygens (including phenoxy) is 1. The van der Waals surface area contributed by atoms with Crippen molar-refractivity contribution in [2.75, 3.05) is 13.4 Å². The van der Waals surface area contributed by atoms with Gasteiger partial charge >= 0.3 is 0 Å². The summed E-state index contributed by atoms with van der Waals surface area (Å²) >= 11 is 1.37. The molecule has 1 fully saturated rings. The molecule has 0 saturated heterocycles. The van der Waals surface area contributed by atoms with Crippen LogP contribution in [0.1, 0.15) is 17.9 Å². The van der Waals surface area contributed by atoms with Crippen molar-refractivity contribution in [2.24, 2.45) is 17.8 Å². The molecule has 2 bridgehead atoms. The predicted molar refractivity (Wildman–Crippen MR) is 78.5 cm³/mol. The van der Waals surface area contributed by atoms with Crippen LogP contribution in [0.4, 0.5) is 0 Å². The molecule has 1 saturated carbocycles. The number of thioether (sulfide) groups is 1. The van der Waals surface area contributed by atoms with Crippen LogP contribution >= 0.6 is 11.8 Å². The van der Waals surface area contributed by atoms with E-state index in [-0.39, 0.29) is 5.92 Å². The van der Waals surface area contributed by atoms with Gasteiger partial charge < -0.3 is 4.74 Å². The highest BCUT2D eigenvalue weighted by molar-refractivity contribution is 8.13. The molecule has 1 aromatic rings. The number of rotatable bonds is 3. The first-order chi connectivity index (χ1) is 9.24. The highest BCUT2D eigenvalue weighted by Gasteiger charge is 2.48. The van der Waals surface area contributed by atoms with E-state index in [1.807, 2.05) is 18.4 Å². The molecule has 0 heterocycles. The lowest BCUT2D eigenvalue weighted by Crippen LogP contribution is -2.24.